The Labute approximate surface area is 166 Å². The summed E-state index contributed by atoms with van der Waals surface area (Å²) in [4.78, 5) is 0. The van der Waals surface area contributed by atoms with E-state index in [-0.39, 0.29) is 0 Å². The summed E-state index contributed by atoms with van der Waals surface area (Å²) in [5.74, 6) is 0. The fourth-order valence-electron chi connectivity index (χ4n) is 3.45. The van der Waals surface area contributed by atoms with Gasteiger partial charge in [-0.05, 0) is 70.5 Å². The van der Waals surface area contributed by atoms with Gasteiger partial charge in [-0.2, -0.15) is 0 Å². The summed E-state index contributed by atoms with van der Waals surface area (Å²) in [6.07, 6.45) is 2.05. The molecule has 0 radical (unpaired) electrons. The van der Waals surface area contributed by atoms with Gasteiger partial charge in [-0.25, -0.2) is 0 Å². The zero-order valence-corrected chi connectivity index (χ0v) is 15.8. The van der Waals surface area contributed by atoms with Crippen LogP contribution in [0.5, 0.6) is 0 Å². The Kier molecular flexibility index (Phi) is 5.11. The van der Waals surface area contributed by atoms with Gasteiger partial charge in [0.15, 0.2) is 0 Å². The first kappa shape index (κ1) is 17.9. The summed E-state index contributed by atoms with van der Waals surface area (Å²) in [5.41, 5.74) is 20.7. The molecule has 0 amide bonds. The molecule has 0 spiro atoms. The molecule has 0 saturated carbocycles. The van der Waals surface area contributed by atoms with E-state index < -0.39 is 0 Å². The molecule has 0 atom stereocenters. The molecule has 4 aromatic carbocycles. The maximum atomic E-state index is 5.89. The van der Waals surface area contributed by atoms with Crippen LogP contribution < -0.4 is 11.5 Å². The van der Waals surface area contributed by atoms with E-state index in [0.29, 0.717) is 0 Å². The van der Waals surface area contributed by atoms with E-state index in [9.17, 15) is 0 Å². The standard InChI is InChI=1S/C26H24N2/c27-25-5-1-3-23(17-25)21-13-9-19(10-14-21)7-8-20-11-15-22(16-12-20)24-4-2-6-26(28)18-24/h1-6,9-18H,7-8,27-28H2. The van der Waals surface area contributed by atoms with Crippen LogP contribution in [0.2, 0.25) is 0 Å². The minimum absolute atomic E-state index is 0.795. The summed E-state index contributed by atoms with van der Waals surface area (Å²) in [6.45, 7) is 0. The Hall–Kier alpha value is -3.52. The van der Waals surface area contributed by atoms with Gasteiger partial charge >= 0.3 is 0 Å². The lowest BCUT2D eigenvalue weighted by molar-refractivity contribution is 0.961. The minimum Gasteiger partial charge on any atom is -0.399 e. The van der Waals surface area contributed by atoms with Crippen molar-refractivity contribution in [1.82, 2.24) is 0 Å². The summed E-state index contributed by atoms with van der Waals surface area (Å²) in [7, 11) is 0. The maximum absolute atomic E-state index is 5.89. The van der Waals surface area contributed by atoms with Crippen LogP contribution in [0.25, 0.3) is 22.3 Å². The molecule has 4 aromatic rings. The molecule has 0 heterocycles. The van der Waals surface area contributed by atoms with Crippen LogP contribution >= 0.6 is 0 Å². The predicted molar refractivity (Wildman–Crippen MR) is 120 cm³/mol. The molecule has 2 nitrogen and oxygen atoms in total. The van der Waals surface area contributed by atoms with Gasteiger partial charge in [0.25, 0.3) is 0 Å². The SMILES string of the molecule is Nc1cccc(-c2ccc(CCc3ccc(-c4cccc(N)c4)cc3)cc2)c1. The molecule has 0 aliphatic heterocycles. The summed E-state index contributed by atoms with van der Waals surface area (Å²) in [5, 5.41) is 0. The van der Waals surface area contributed by atoms with Gasteiger partial charge in [0.05, 0.1) is 0 Å². The van der Waals surface area contributed by atoms with Gasteiger partial charge in [-0.3, -0.25) is 0 Å². The fraction of sp³-hybridized carbons (Fsp3) is 0.0769. The molecule has 0 saturated heterocycles. The topological polar surface area (TPSA) is 52.0 Å². The first-order valence-electron chi connectivity index (χ1n) is 9.57. The zero-order chi connectivity index (χ0) is 19.3. The summed E-state index contributed by atoms with van der Waals surface area (Å²) in [6, 6.07) is 33.5. The summed E-state index contributed by atoms with van der Waals surface area (Å²) >= 11 is 0. The number of nitrogens with two attached hydrogens (primary N) is 2. The predicted octanol–water partition coefficient (Wildman–Crippen LogP) is 5.97. The quantitative estimate of drug-likeness (QED) is 0.429. The number of hydrogen-bond acceptors (Lipinski definition) is 2. The highest BCUT2D eigenvalue weighted by molar-refractivity contribution is 5.68. The zero-order valence-electron chi connectivity index (χ0n) is 15.8. The second-order valence-electron chi connectivity index (χ2n) is 7.14. The molecule has 0 unspecified atom stereocenters. The third-order valence-corrected chi connectivity index (χ3v) is 5.05. The van der Waals surface area contributed by atoms with Gasteiger partial charge in [-0.1, -0.05) is 72.8 Å². The van der Waals surface area contributed by atoms with Crippen molar-refractivity contribution in [3.63, 3.8) is 0 Å². The van der Waals surface area contributed by atoms with E-state index in [1.807, 2.05) is 36.4 Å². The second-order valence-corrected chi connectivity index (χ2v) is 7.14. The Balaban J connectivity index is 1.40. The van der Waals surface area contributed by atoms with Crippen molar-refractivity contribution in [1.29, 1.82) is 0 Å². The average Bonchev–Trinajstić information content (AvgIpc) is 2.73. The normalized spacial score (nSPS) is 10.7. The number of rotatable bonds is 5. The lowest BCUT2D eigenvalue weighted by Gasteiger charge is -2.07. The van der Waals surface area contributed by atoms with Crippen molar-refractivity contribution in [3.05, 3.63) is 108 Å². The first-order chi connectivity index (χ1) is 13.7. The van der Waals surface area contributed by atoms with Crippen LogP contribution in [-0.4, -0.2) is 0 Å². The van der Waals surface area contributed by atoms with Crippen LogP contribution in [0.3, 0.4) is 0 Å². The van der Waals surface area contributed by atoms with Crippen LogP contribution in [0.4, 0.5) is 11.4 Å². The third kappa shape index (κ3) is 4.24. The Bertz CT molecular complexity index is 975. The van der Waals surface area contributed by atoms with Gasteiger partial charge in [0.2, 0.25) is 0 Å². The number of aryl methyl sites for hydroxylation is 2. The van der Waals surface area contributed by atoms with E-state index in [1.165, 1.54) is 22.3 Å². The van der Waals surface area contributed by atoms with Crippen LogP contribution in [0.1, 0.15) is 11.1 Å². The molecular formula is C26H24N2. The molecule has 4 N–H and O–H groups in total. The molecule has 0 fully saturated rings. The van der Waals surface area contributed by atoms with Gasteiger partial charge < -0.3 is 11.5 Å². The van der Waals surface area contributed by atoms with E-state index >= 15 is 0 Å². The van der Waals surface area contributed by atoms with Gasteiger partial charge in [-0.15, -0.1) is 0 Å². The van der Waals surface area contributed by atoms with Crippen LogP contribution in [0, 0.1) is 0 Å². The van der Waals surface area contributed by atoms with Crippen molar-refractivity contribution in [2.75, 3.05) is 11.5 Å². The van der Waals surface area contributed by atoms with Crippen molar-refractivity contribution in [2.24, 2.45) is 0 Å². The Morgan fingerprint density at radius 2 is 0.821 bits per heavy atom. The number of benzene rings is 4. The number of anilines is 2. The maximum Gasteiger partial charge on any atom is 0.0320 e. The molecule has 0 aromatic heterocycles. The third-order valence-electron chi connectivity index (χ3n) is 5.05. The van der Waals surface area contributed by atoms with E-state index in [4.69, 9.17) is 11.5 Å². The number of nitrogen functional groups attached to an aromatic ring is 2. The Morgan fingerprint density at radius 1 is 0.429 bits per heavy atom. The van der Waals surface area contributed by atoms with Crippen molar-refractivity contribution >= 4 is 11.4 Å². The van der Waals surface area contributed by atoms with Crippen molar-refractivity contribution in [3.8, 4) is 22.3 Å². The van der Waals surface area contributed by atoms with Gasteiger partial charge in [0, 0.05) is 11.4 Å². The molecule has 0 aliphatic carbocycles. The molecule has 2 heteroatoms. The van der Waals surface area contributed by atoms with Crippen molar-refractivity contribution in [2.45, 2.75) is 12.8 Å². The number of hydrogen-bond donors (Lipinski definition) is 2. The highest BCUT2D eigenvalue weighted by Crippen LogP contribution is 2.24. The molecular weight excluding hydrogens is 340 g/mol. The fourth-order valence-corrected chi connectivity index (χ4v) is 3.45. The van der Waals surface area contributed by atoms with E-state index in [0.717, 1.165) is 35.3 Å². The second kappa shape index (κ2) is 8.01. The van der Waals surface area contributed by atoms with E-state index in [1.54, 1.807) is 0 Å². The average molecular weight is 364 g/mol. The van der Waals surface area contributed by atoms with Gasteiger partial charge in [0.1, 0.15) is 0 Å². The summed E-state index contributed by atoms with van der Waals surface area (Å²) < 4.78 is 0. The van der Waals surface area contributed by atoms with Crippen LogP contribution in [0.15, 0.2) is 97.1 Å². The molecule has 0 aliphatic rings. The molecule has 138 valence electrons. The smallest absolute Gasteiger partial charge is 0.0320 e. The highest BCUT2D eigenvalue weighted by Gasteiger charge is 2.02. The lowest BCUT2D eigenvalue weighted by atomic mass is 9.98. The largest absolute Gasteiger partial charge is 0.399 e. The molecule has 28 heavy (non-hydrogen) atoms. The van der Waals surface area contributed by atoms with E-state index in [2.05, 4.69) is 60.7 Å². The Morgan fingerprint density at radius 3 is 1.18 bits per heavy atom. The van der Waals surface area contributed by atoms with Crippen LogP contribution in [-0.2, 0) is 12.8 Å². The minimum atomic E-state index is 0.795. The first-order valence-corrected chi connectivity index (χ1v) is 9.57. The lowest BCUT2D eigenvalue weighted by Crippen LogP contribution is -1.92. The molecule has 0 bridgehead atoms. The molecule has 4 rings (SSSR count). The van der Waals surface area contributed by atoms with Crippen molar-refractivity contribution < 1.29 is 0 Å². The highest BCUT2D eigenvalue weighted by atomic mass is 14.5. The monoisotopic (exact) mass is 364 g/mol.